The second-order valence-electron chi connectivity index (χ2n) is 4.86. The minimum Gasteiger partial charge on any atom is -0.478 e. The van der Waals surface area contributed by atoms with E-state index in [4.69, 9.17) is 10.8 Å². The molecule has 1 saturated carbocycles. The number of unbranched alkanes of at least 4 members (excludes halogenated alkanes) is 1. The highest BCUT2D eigenvalue weighted by molar-refractivity contribution is 5.90. The molecule has 1 aromatic rings. The van der Waals surface area contributed by atoms with Crippen molar-refractivity contribution in [2.45, 2.75) is 38.6 Å². The largest absolute Gasteiger partial charge is 0.478 e. The molecule has 18 heavy (non-hydrogen) atoms. The highest BCUT2D eigenvalue weighted by Crippen LogP contribution is 2.35. The van der Waals surface area contributed by atoms with Crippen molar-refractivity contribution in [3.8, 4) is 0 Å². The van der Waals surface area contributed by atoms with E-state index >= 15 is 0 Å². The SMILES string of the molecule is CCCCN(c1cc(C(=O)O)ccc1N)C1CC1. The van der Waals surface area contributed by atoms with Crippen molar-refractivity contribution in [2.24, 2.45) is 0 Å². The molecule has 0 saturated heterocycles. The average Bonchev–Trinajstić information content (AvgIpc) is 3.15. The summed E-state index contributed by atoms with van der Waals surface area (Å²) in [4.78, 5) is 13.3. The van der Waals surface area contributed by atoms with E-state index in [1.165, 1.54) is 12.8 Å². The maximum absolute atomic E-state index is 11.0. The van der Waals surface area contributed by atoms with E-state index in [1.54, 1.807) is 18.2 Å². The molecule has 98 valence electrons. The first-order chi connectivity index (χ1) is 8.63. The number of nitrogen functional groups attached to an aromatic ring is 1. The Morgan fingerprint density at radius 1 is 1.50 bits per heavy atom. The summed E-state index contributed by atoms with van der Waals surface area (Å²) >= 11 is 0. The van der Waals surface area contributed by atoms with Crippen LogP contribution in [0.5, 0.6) is 0 Å². The number of benzene rings is 1. The third kappa shape index (κ3) is 2.75. The Morgan fingerprint density at radius 2 is 2.22 bits per heavy atom. The zero-order valence-electron chi connectivity index (χ0n) is 10.7. The van der Waals surface area contributed by atoms with Gasteiger partial charge in [-0.15, -0.1) is 0 Å². The number of carboxylic acids is 1. The van der Waals surface area contributed by atoms with Gasteiger partial charge in [0.1, 0.15) is 0 Å². The molecule has 1 aliphatic carbocycles. The molecule has 1 fully saturated rings. The lowest BCUT2D eigenvalue weighted by atomic mass is 10.1. The Morgan fingerprint density at radius 3 is 2.78 bits per heavy atom. The molecular formula is C14H20N2O2. The van der Waals surface area contributed by atoms with Crippen molar-refractivity contribution in [1.82, 2.24) is 0 Å². The fourth-order valence-electron chi connectivity index (χ4n) is 2.14. The van der Waals surface area contributed by atoms with Crippen molar-refractivity contribution < 1.29 is 9.90 Å². The Hall–Kier alpha value is -1.71. The van der Waals surface area contributed by atoms with Crippen molar-refractivity contribution >= 4 is 17.3 Å². The second kappa shape index (κ2) is 5.29. The van der Waals surface area contributed by atoms with Gasteiger partial charge in [0.25, 0.3) is 0 Å². The summed E-state index contributed by atoms with van der Waals surface area (Å²) in [6.45, 7) is 3.11. The summed E-state index contributed by atoms with van der Waals surface area (Å²) < 4.78 is 0. The molecule has 1 aliphatic rings. The van der Waals surface area contributed by atoms with Crippen molar-refractivity contribution in [3.05, 3.63) is 23.8 Å². The van der Waals surface area contributed by atoms with Gasteiger partial charge in [0, 0.05) is 12.6 Å². The van der Waals surface area contributed by atoms with Crippen LogP contribution in [-0.2, 0) is 0 Å². The van der Waals surface area contributed by atoms with Gasteiger partial charge in [-0.05, 0) is 37.5 Å². The van der Waals surface area contributed by atoms with Crippen LogP contribution in [0.4, 0.5) is 11.4 Å². The van der Waals surface area contributed by atoms with E-state index in [1.807, 2.05) is 0 Å². The van der Waals surface area contributed by atoms with Crippen LogP contribution in [0.1, 0.15) is 43.0 Å². The van der Waals surface area contributed by atoms with Crippen LogP contribution < -0.4 is 10.6 Å². The fourth-order valence-corrected chi connectivity index (χ4v) is 2.14. The topological polar surface area (TPSA) is 66.6 Å². The van der Waals surface area contributed by atoms with Gasteiger partial charge in [-0.25, -0.2) is 4.79 Å². The highest BCUT2D eigenvalue weighted by Gasteiger charge is 2.30. The molecule has 0 unspecified atom stereocenters. The summed E-state index contributed by atoms with van der Waals surface area (Å²) in [5.41, 5.74) is 7.85. The molecule has 4 heteroatoms. The first kappa shape index (κ1) is 12.7. The number of nitrogens with zero attached hydrogens (tertiary/aromatic N) is 1. The molecule has 0 radical (unpaired) electrons. The van der Waals surface area contributed by atoms with Crippen LogP contribution in [0.15, 0.2) is 18.2 Å². The zero-order chi connectivity index (χ0) is 13.1. The monoisotopic (exact) mass is 248 g/mol. The van der Waals surface area contributed by atoms with Gasteiger partial charge in [-0.1, -0.05) is 13.3 Å². The lowest BCUT2D eigenvalue weighted by Gasteiger charge is -2.26. The highest BCUT2D eigenvalue weighted by atomic mass is 16.4. The van der Waals surface area contributed by atoms with Crippen LogP contribution in [0, 0.1) is 0 Å². The molecule has 0 amide bonds. The van der Waals surface area contributed by atoms with Crippen LogP contribution in [0.2, 0.25) is 0 Å². The van der Waals surface area contributed by atoms with Gasteiger partial charge in [0.05, 0.1) is 16.9 Å². The summed E-state index contributed by atoms with van der Waals surface area (Å²) in [5, 5.41) is 9.05. The lowest BCUT2D eigenvalue weighted by molar-refractivity contribution is 0.0697. The number of aromatic carboxylic acids is 1. The molecule has 1 aromatic carbocycles. The summed E-state index contributed by atoms with van der Waals surface area (Å²) in [6, 6.07) is 5.50. The first-order valence-corrected chi connectivity index (χ1v) is 6.53. The Bertz CT molecular complexity index is 441. The standard InChI is InChI=1S/C14H20N2O2/c1-2-3-8-16(11-5-6-11)13-9-10(14(17)18)4-7-12(13)15/h4,7,9,11H,2-3,5-6,8,15H2,1H3,(H,17,18). The normalized spacial score (nSPS) is 14.5. The number of rotatable bonds is 6. The van der Waals surface area contributed by atoms with E-state index in [2.05, 4.69) is 11.8 Å². The molecular weight excluding hydrogens is 228 g/mol. The average molecular weight is 248 g/mol. The number of nitrogens with two attached hydrogens (primary N) is 1. The lowest BCUT2D eigenvalue weighted by Crippen LogP contribution is -2.27. The van der Waals surface area contributed by atoms with Gasteiger partial charge in [0.2, 0.25) is 0 Å². The van der Waals surface area contributed by atoms with Crippen molar-refractivity contribution in [3.63, 3.8) is 0 Å². The number of hydrogen-bond acceptors (Lipinski definition) is 3. The van der Waals surface area contributed by atoms with Crippen LogP contribution in [0.25, 0.3) is 0 Å². The van der Waals surface area contributed by atoms with E-state index in [0.29, 0.717) is 17.3 Å². The third-order valence-corrected chi connectivity index (χ3v) is 3.33. The molecule has 2 rings (SSSR count). The van der Waals surface area contributed by atoms with Crippen molar-refractivity contribution in [2.75, 3.05) is 17.2 Å². The molecule has 4 nitrogen and oxygen atoms in total. The first-order valence-electron chi connectivity index (χ1n) is 6.53. The number of hydrogen-bond donors (Lipinski definition) is 2. The fraction of sp³-hybridized carbons (Fsp3) is 0.500. The maximum Gasteiger partial charge on any atom is 0.335 e. The molecule has 0 aromatic heterocycles. The van der Waals surface area contributed by atoms with Gasteiger partial charge >= 0.3 is 5.97 Å². The zero-order valence-corrected chi connectivity index (χ0v) is 10.7. The third-order valence-electron chi connectivity index (χ3n) is 3.33. The van der Waals surface area contributed by atoms with E-state index in [0.717, 1.165) is 25.1 Å². The number of anilines is 2. The molecule has 0 atom stereocenters. The Labute approximate surface area is 107 Å². The van der Waals surface area contributed by atoms with Crippen molar-refractivity contribution in [1.29, 1.82) is 0 Å². The minimum absolute atomic E-state index is 0.307. The molecule has 0 aliphatic heterocycles. The molecule has 3 N–H and O–H groups in total. The van der Waals surface area contributed by atoms with E-state index in [-0.39, 0.29) is 0 Å². The van der Waals surface area contributed by atoms with Gasteiger partial charge < -0.3 is 15.7 Å². The van der Waals surface area contributed by atoms with Gasteiger partial charge in [0.15, 0.2) is 0 Å². The van der Waals surface area contributed by atoms with E-state index in [9.17, 15) is 4.79 Å². The Kier molecular flexibility index (Phi) is 3.75. The minimum atomic E-state index is -0.900. The predicted molar refractivity (Wildman–Crippen MR) is 73.1 cm³/mol. The van der Waals surface area contributed by atoms with Crippen LogP contribution in [0.3, 0.4) is 0 Å². The van der Waals surface area contributed by atoms with Gasteiger partial charge in [-0.2, -0.15) is 0 Å². The smallest absolute Gasteiger partial charge is 0.335 e. The summed E-state index contributed by atoms with van der Waals surface area (Å²) in [7, 11) is 0. The quantitative estimate of drug-likeness (QED) is 0.760. The predicted octanol–water partition coefficient (Wildman–Crippen LogP) is 2.74. The summed E-state index contributed by atoms with van der Waals surface area (Å²) in [6.07, 6.45) is 4.59. The van der Waals surface area contributed by atoms with Crippen LogP contribution >= 0.6 is 0 Å². The van der Waals surface area contributed by atoms with Gasteiger partial charge in [-0.3, -0.25) is 0 Å². The number of carbonyl (C=O) groups is 1. The number of carboxylic acid groups (broad SMARTS) is 1. The van der Waals surface area contributed by atoms with Crippen LogP contribution in [-0.4, -0.2) is 23.7 Å². The Balaban J connectivity index is 2.27. The maximum atomic E-state index is 11.0. The summed E-state index contributed by atoms with van der Waals surface area (Å²) in [5.74, 6) is -0.900. The van der Waals surface area contributed by atoms with E-state index < -0.39 is 5.97 Å². The second-order valence-corrected chi connectivity index (χ2v) is 4.86. The molecule has 0 bridgehead atoms. The molecule has 0 spiro atoms. The molecule has 0 heterocycles.